The second-order valence-electron chi connectivity index (χ2n) is 4.97. The van der Waals surface area contributed by atoms with Crippen LogP contribution in [0.2, 0.25) is 0 Å². The summed E-state index contributed by atoms with van der Waals surface area (Å²) in [7, 11) is 0. The quantitative estimate of drug-likeness (QED) is 0.797. The van der Waals surface area contributed by atoms with Crippen LogP contribution in [-0.2, 0) is 0 Å². The van der Waals surface area contributed by atoms with E-state index >= 15 is 0 Å². The van der Waals surface area contributed by atoms with Gasteiger partial charge in [-0.05, 0) is 32.4 Å². The molecule has 0 saturated carbocycles. The molecule has 18 heavy (non-hydrogen) atoms. The predicted octanol–water partition coefficient (Wildman–Crippen LogP) is 3.47. The van der Waals surface area contributed by atoms with Crippen LogP contribution in [0.15, 0.2) is 18.2 Å². The van der Waals surface area contributed by atoms with Crippen molar-refractivity contribution in [2.75, 3.05) is 24.7 Å². The van der Waals surface area contributed by atoms with E-state index in [0.29, 0.717) is 19.3 Å². The normalized spacial score (nSPS) is 13.8. The highest BCUT2D eigenvalue weighted by Gasteiger charge is 2.16. The van der Waals surface area contributed by atoms with Crippen molar-refractivity contribution < 1.29 is 9.47 Å². The van der Waals surface area contributed by atoms with Crippen molar-refractivity contribution in [3.63, 3.8) is 0 Å². The molecule has 0 fully saturated rings. The first-order valence-electron chi connectivity index (χ1n) is 6.88. The van der Waals surface area contributed by atoms with Crippen LogP contribution in [0.5, 0.6) is 11.5 Å². The SMILES string of the molecule is CCCCN(c1ccc2c(c1)OCCO2)C(C)C. The largest absolute Gasteiger partial charge is 0.486 e. The van der Waals surface area contributed by atoms with Gasteiger partial charge in [-0.15, -0.1) is 0 Å². The minimum atomic E-state index is 0.499. The summed E-state index contributed by atoms with van der Waals surface area (Å²) in [6, 6.07) is 6.75. The average Bonchev–Trinajstić information content (AvgIpc) is 2.38. The molecule has 3 heteroatoms. The smallest absolute Gasteiger partial charge is 0.163 e. The van der Waals surface area contributed by atoms with Crippen LogP contribution < -0.4 is 14.4 Å². The minimum Gasteiger partial charge on any atom is -0.486 e. The number of fused-ring (bicyclic) bond motifs is 1. The van der Waals surface area contributed by atoms with E-state index in [-0.39, 0.29) is 0 Å². The lowest BCUT2D eigenvalue weighted by Gasteiger charge is -2.30. The zero-order chi connectivity index (χ0) is 13.0. The van der Waals surface area contributed by atoms with Gasteiger partial charge in [-0.2, -0.15) is 0 Å². The molecule has 0 spiro atoms. The van der Waals surface area contributed by atoms with E-state index in [2.05, 4.69) is 37.8 Å². The van der Waals surface area contributed by atoms with Crippen molar-refractivity contribution in [1.82, 2.24) is 0 Å². The maximum absolute atomic E-state index is 5.65. The van der Waals surface area contributed by atoms with Crippen LogP contribution in [0.4, 0.5) is 5.69 Å². The van der Waals surface area contributed by atoms with E-state index in [1.807, 2.05) is 6.07 Å². The molecule has 0 N–H and O–H groups in total. The average molecular weight is 249 g/mol. The summed E-state index contributed by atoms with van der Waals surface area (Å²) in [5.41, 5.74) is 1.22. The molecular formula is C15H23NO2. The fourth-order valence-electron chi connectivity index (χ4n) is 2.22. The summed E-state index contributed by atoms with van der Waals surface area (Å²) in [4.78, 5) is 2.42. The van der Waals surface area contributed by atoms with Crippen LogP contribution in [0.3, 0.4) is 0 Å². The van der Waals surface area contributed by atoms with Gasteiger partial charge >= 0.3 is 0 Å². The molecular weight excluding hydrogens is 226 g/mol. The van der Waals surface area contributed by atoms with Gasteiger partial charge in [0, 0.05) is 24.3 Å². The molecule has 1 heterocycles. The molecule has 0 aromatic heterocycles. The summed E-state index contributed by atoms with van der Waals surface area (Å²) in [5, 5.41) is 0. The van der Waals surface area contributed by atoms with E-state index in [0.717, 1.165) is 18.0 Å². The van der Waals surface area contributed by atoms with Crippen molar-refractivity contribution >= 4 is 5.69 Å². The number of hydrogen-bond acceptors (Lipinski definition) is 3. The van der Waals surface area contributed by atoms with Crippen LogP contribution in [0, 0.1) is 0 Å². The highest BCUT2D eigenvalue weighted by molar-refractivity contribution is 5.57. The molecule has 100 valence electrons. The first-order valence-corrected chi connectivity index (χ1v) is 6.88. The topological polar surface area (TPSA) is 21.7 Å². The van der Waals surface area contributed by atoms with Gasteiger partial charge in [0.1, 0.15) is 13.2 Å². The third-order valence-corrected chi connectivity index (χ3v) is 3.23. The lowest BCUT2D eigenvalue weighted by molar-refractivity contribution is 0.171. The Morgan fingerprint density at radius 1 is 1.17 bits per heavy atom. The van der Waals surface area contributed by atoms with Crippen molar-refractivity contribution in [2.24, 2.45) is 0 Å². The Labute approximate surface area is 110 Å². The molecule has 0 atom stereocenters. The maximum atomic E-state index is 5.65. The molecule has 1 aliphatic heterocycles. The molecule has 0 saturated heterocycles. The fraction of sp³-hybridized carbons (Fsp3) is 0.600. The van der Waals surface area contributed by atoms with Gasteiger partial charge in [0.2, 0.25) is 0 Å². The minimum absolute atomic E-state index is 0.499. The van der Waals surface area contributed by atoms with Crippen LogP contribution in [0.25, 0.3) is 0 Å². The number of ether oxygens (including phenoxy) is 2. The highest BCUT2D eigenvalue weighted by Crippen LogP contribution is 2.34. The lowest BCUT2D eigenvalue weighted by atomic mass is 10.2. The Kier molecular flexibility index (Phi) is 4.34. The number of rotatable bonds is 5. The van der Waals surface area contributed by atoms with E-state index in [1.54, 1.807) is 0 Å². The number of hydrogen-bond donors (Lipinski definition) is 0. The Bertz CT molecular complexity index is 390. The van der Waals surface area contributed by atoms with Gasteiger partial charge in [-0.3, -0.25) is 0 Å². The lowest BCUT2D eigenvalue weighted by Crippen LogP contribution is -2.31. The third kappa shape index (κ3) is 2.89. The van der Waals surface area contributed by atoms with Gasteiger partial charge < -0.3 is 14.4 Å². The third-order valence-electron chi connectivity index (χ3n) is 3.23. The molecule has 0 radical (unpaired) electrons. The molecule has 1 aromatic carbocycles. The molecule has 0 bridgehead atoms. The standard InChI is InChI=1S/C15H23NO2/c1-4-5-8-16(12(2)3)13-6-7-14-15(11-13)18-10-9-17-14/h6-7,11-12H,4-5,8-10H2,1-3H3. The first-order chi connectivity index (χ1) is 8.72. The summed E-state index contributed by atoms with van der Waals surface area (Å²) in [5.74, 6) is 1.74. The second kappa shape index (κ2) is 5.98. The molecule has 0 unspecified atom stereocenters. The fourth-order valence-corrected chi connectivity index (χ4v) is 2.22. The first kappa shape index (κ1) is 13.1. The van der Waals surface area contributed by atoms with Crippen molar-refractivity contribution in [3.8, 4) is 11.5 Å². The van der Waals surface area contributed by atoms with Crippen LogP contribution in [0.1, 0.15) is 33.6 Å². The number of benzene rings is 1. The predicted molar refractivity (Wildman–Crippen MR) is 74.8 cm³/mol. The summed E-state index contributed by atoms with van der Waals surface area (Å²) < 4.78 is 11.2. The summed E-state index contributed by atoms with van der Waals surface area (Å²) in [6.45, 7) is 9.07. The number of anilines is 1. The number of nitrogens with zero attached hydrogens (tertiary/aromatic N) is 1. The maximum Gasteiger partial charge on any atom is 0.163 e. The van der Waals surface area contributed by atoms with Gasteiger partial charge in [0.05, 0.1) is 0 Å². The van der Waals surface area contributed by atoms with E-state index in [9.17, 15) is 0 Å². The Balaban J connectivity index is 2.19. The van der Waals surface area contributed by atoms with Crippen LogP contribution in [-0.4, -0.2) is 25.8 Å². The van der Waals surface area contributed by atoms with Gasteiger partial charge in [-0.25, -0.2) is 0 Å². The van der Waals surface area contributed by atoms with Gasteiger partial charge in [-0.1, -0.05) is 13.3 Å². The molecule has 0 amide bonds. The molecule has 0 aliphatic carbocycles. The molecule has 1 aromatic rings. The monoisotopic (exact) mass is 249 g/mol. The Morgan fingerprint density at radius 3 is 2.56 bits per heavy atom. The van der Waals surface area contributed by atoms with E-state index in [4.69, 9.17) is 9.47 Å². The number of unbranched alkanes of at least 4 members (excludes halogenated alkanes) is 1. The zero-order valence-electron chi connectivity index (χ0n) is 11.6. The molecule has 2 rings (SSSR count). The zero-order valence-corrected chi connectivity index (χ0v) is 11.6. The Hall–Kier alpha value is -1.38. The molecule has 3 nitrogen and oxygen atoms in total. The van der Waals surface area contributed by atoms with E-state index < -0.39 is 0 Å². The van der Waals surface area contributed by atoms with E-state index in [1.165, 1.54) is 18.5 Å². The van der Waals surface area contributed by atoms with Crippen LogP contribution >= 0.6 is 0 Å². The van der Waals surface area contributed by atoms with Gasteiger partial charge in [0.25, 0.3) is 0 Å². The van der Waals surface area contributed by atoms with Crippen molar-refractivity contribution in [1.29, 1.82) is 0 Å². The summed E-state index contributed by atoms with van der Waals surface area (Å²) in [6.07, 6.45) is 2.43. The van der Waals surface area contributed by atoms with Gasteiger partial charge in [0.15, 0.2) is 11.5 Å². The summed E-state index contributed by atoms with van der Waals surface area (Å²) >= 11 is 0. The van der Waals surface area contributed by atoms with Crippen molar-refractivity contribution in [3.05, 3.63) is 18.2 Å². The Morgan fingerprint density at radius 2 is 1.89 bits per heavy atom. The second-order valence-corrected chi connectivity index (χ2v) is 4.97. The highest BCUT2D eigenvalue weighted by atomic mass is 16.6. The van der Waals surface area contributed by atoms with Crippen molar-refractivity contribution in [2.45, 2.75) is 39.7 Å². The molecule has 1 aliphatic rings.